The monoisotopic (exact) mass is 441 g/mol. The average molecular weight is 442 g/mol. The van der Waals surface area contributed by atoms with Crippen molar-refractivity contribution in [2.45, 2.75) is 31.6 Å². The molecule has 2 aromatic carbocycles. The molecule has 8 heteroatoms. The molecule has 3 rings (SSSR count). The molecular formula is C23H27N3O4S. The lowest BCUT2D eigenvalue weighted by Gasteiger charge is -2.30. The first-order chi connectivity index (χ1) is 14.6. The Hall–Kier alpha value is -2.97. The lowest BCUT2D eigenvalue weighted by atomic mass is 9.95. The summed E-state index contributed by atoms with van der Waals surface area (Å²) in [5, 5.41) is 8.09. The number of hydrogen-bond donors (Lipinski definition) is 2. The van der Waals surface area contributed by atoms with Gasteiger partial charge in [0.1, 0.15) is 0 Å². The maximum atomic E-state index is 12.8. The summed E-state index contributed by atoms with van der Waals surface area (Å²) in [6, 6.07) is 12.5. The van der Waals surface area contributed by atoms with Crippen LogP contribution < -0.4 is 10.5 Å². The molecule has 0 bridgehead atoms. The van der Waals surface area contributed by atoms with Gasteiger partial charge >= 0.3 is 0 Å². The largest absolute Gasteiger partial charge is 0.339 e. The fourth-order valence-corrected chi connectivity index (χ4v) is 4.18. The van der Waals surface area contributed by atoms with E-state index in [1.807, 2.05) is 37.3 Å². The molecule has 1 aliphatic heterocycles. The highest BCUT2D eigenvalue weighted by molar-refractivity contribution is 7.89. The number of likely N-dealkylation sites (tertiary alicyclic amines) is 1. The quantitative estimate of drug-likeness (QED) is 0.695. The van der Waals surface area contributed by atoms with Crippen molar-refractivity contribution in [3.05, 3.63) is 65.2 Å². The minimum atomic E-state index is -3.87. The van der Waals surface area contributed by atoms with Gasteiger partial charge in [0.05, 0.1) is 4.90 Å². The van der Waals surface area contributed by atoms with Crippen LogP contribution in [0.2, 0.25) is 0 Å². The molecule has 31 heavy (non-hydrogen) atoms. The number of rotatable bonds is 5. The molecule has 2 amide bonds. The maximum Gasteiger partial charge on any atom is 0.246 e. The molecule has 1 saturated heterocycles. The molecule has 0 atom stereocenters. The van der Waals surface area contributed by atoms with Gasteiger partial charge < -0.3 is 10.2 Å². The SMILES string of the molecule is Cc1cc(S(N)(=O)=O)cc(NC(=O)C2CCN(C(=O)C=Cc3ccccc3)CC2)c1C. The first-order valence-corrected chi connectivity index (χ1v) is 11.7. The van der Waals surface area contributed by atoms with Crippen molar-refractivity contribution >= 4 is 33.6 Å². The van der Waals surface area contributed by atoms with Gasteiger partial charge in [0, 0.05) is 30.8 Å². The number of nitrogens with two attached hydrogens (primary N) is 1. The van der Waals surface area contributed by atoms with Gasteiger partial charge in [0.25, 0.3) is 0 Å². The van der Waals surface area contributed by atoms with Gasteiger partial charge in [-0.2, -0.15) is 0 Å². The summed E-state index contributed by atoms with van der Waals surface area (Å²) < 4.78 is 23.4. The van der Waals surface area contributed by atoms with Crippen LogP contribution in [0.3, 0.4) is 0 Å². The number of aryl methyl sites for hydroxylation is 1. The van der Waals surface area contributed by atoms with Crippen LogP contribution in [0.1, 0.15) is 29.5 Å². The third kappa shape index (κ3) is 5.80. The second-order valence-corrected chi connectivity index (χ2v) is 9.35. The number of nitrogens with zero attached hydrogens (tertiary/aromatic N) is 1. The number of primary sulfonamides is 1. The van der Waals surface area contributed by atoms with Gasteiger partial charge in [-0.1, -0.05) is 30.3 Å². The van der Waals surface area contributed by atoms with E-state index in [2.05, 4.69) is 5.32 Å². The van der Waals surface area contributed by atoms with Crippen LogP contribution in [0, 0.1) is 19.8 Å². The lowest BCUT2D eigenvalue weighted by Crippen LogP contribution is -2.40. The standard InChI is InChI=1S/C23H27N3O4S/c1-16-14-20(31(24,29)30)15-21(17(16)2)25-23(28)19-10-12-26(13-11-19)22(27)9-8-18-6-4-3-5-7-18/h3-9,14-15,19H,10-13H2,1-2H3,(H,25,28)(H2,24,29,30). The first-order valence-electron chi connectivity index (χ1n) is 10.1. The lowest BCUT2D eigenvalue weighted by molar-refractivity contribution is -0.130. The summed E-state index contributed by atoms with van der Waals surface area (Å²) in [5.41, 5.74) is 2.92. The van der Waals surface area contributed by atoms with Crippen LogP contribution in [0.5, 0.6) is 0 Å². The molecule has 1 aliphatic rings. The van der Waals surface area contributed by atoms with E-state index in [4.69, 9.17) is 5.14 Å². The molecule has 0 unspecified atom stereocenters. The zero-order valence-corrected chi connectivity index (χ0v) is 18.5. The Morgan fingerprint density at radius 2 is 1.74 bits per heavy atom. The zero-order valence-electron chi connectivity index (χ0n) is 17.7. The van der Waals surface area contributed by atoms with Crippen molar-refractivity contribution in [1.82, 2.24) is 4.90 Å². The predicted octanol–water partition coefficient (Wildman–Crippen LogP) is 2.84. The topological polar surface area (TPSA) is 110 Å². The van der Waals surface area contributed by atoms with Crippen LogP contribution in [0.25, 0.3) is 6.08 Å². The van der Waals surface area contributed by atoms with Crippen molar-refractivity contribution in [1.29, 1.82) is 0 Å². The second kappa shape index (κ2) is 9.45. The van der Waals surface area contributed by atoms with Crippen LogP contribution in [0.4, 0.5) is 5.69 Å². The fraction of sp³-hybridized carbons (Fsp3) is 0.304. The van der Waals surface area contributed by atoms with E-state index in [1.165, 1.54) is 12.1 Å². The first kappa shape index (κ1) is 22.7. The number of piperidine rings is 1. The molecule has 1 fully saturated rings. The highest BCUT2D eigenvalue weighted by atomic mass is 32.2. The number of amides is 2. The summed E-state index contributed by atoms with van der Waals surface area (Å²) in [6.45, 7) is 4.57. The van der Waals surface area contributed by atoms with Crippen molar-refractivity contribution in [2.24, 2.45) is 11.1 Å². The number of benzene rings is 2. The molecule has 0 radical (unpaired) electrons. The minimum Gasteiger partial charge on any atom is -0.339 e. The molecule has 164 valence electrons. The number of carbonyl (C=O) groups excluding carboxylic acids is 2. The van der Waals surface area contributed by atoms with Crippen LogP contribution in [0.15, 0.2) is 53.4 Å². The van der Waals surface area contributed by atoms with Gasteiger partial charge in [-0.05, 0) is 61.6 Å². The summed E-state index contributed by atoms with van der Waals surface area (Å²) in [4.78, 5) is 26.9. The predicted molar refractivity (Wildman–Crippen MR) is 121 cm³/mol. The Balaban J connectivity index is 1.60. The van der Waals surface area contributed by atoms with Crippen LogP contribution >= 0.6 is 0 Å². The molecule has 0 aliphatic carbocycles. The number of carbonyl (C=O) groups is 2. The summed E-state index contributed by atoms with van der Waals surface area (Å²) in [5.74, 6) is -0.504. The van der Waals surface area contributed by atoms with E-state index in [0.717, 1.165) is 16.7 Å². The smallest absolute Gasteiger partial charge is 0.246 e. The Labute approximate surface area is 183 Å². The third-order valence-electron chi connectivity index (χ3n) is 5.62. The Kier molecular flexibility index (Phi) is 6.92. The Morgan fingerprint density at radius 3 is 2.35 bits per heavy atom. The van der Waals surface area contributed by atoms with Crippen molar-refractivity contribution in [3.63, 3.8) is 0 Å². The number of anilines is 1. The molecule has 2 aromatic rings. The van der Waals surface area contributed by atoms with E-state index in [-0.39, 0.29) is 22.6 Å². The van der Waals surface area contributed by atoms with Gasteiger partial charge in [0.15, 0.2) is 0 Å². The van der Waals surface area contributed by atoms with E-state index in [0.29, 0.717) is 31.6 Å². The summed E-state index contributed by atoms with van der Waals surface area (Å²) in [6.07, 6.45) is 4.43. The number of sulfonamides is 1. The second-order valence-electron chi connectivity index (χ2n) is 7.79. The molecule has 0 saturated carbocycles. The Morgan fingerprint density at radius 1 is 1.10 bits per heavy atom. The van der Waals surface area contributed by atoms with Gasteiger partial charge in [-0.15, -0.1) is 0 Å². The highest BCUT2D eigenvalue weighted by Crippen LogP contribution is 2.26. The Bertz CT molecular complexity index is 1100. The molecule has 0 aromatic heterocycles. The van der Waals surface area contributed by atoms with Crippen molar-refractivity contribution in [3.8, 4) is 0 Å². The van der Waals surface area contributed by atoms with Gasteiger partial charge in [0.2, 0.25) is 21.8 Å². The van der Waals surface area contributed by atoms with E-state index in [9.17, 15) is 18.0 Å². The molecule has 1 heterocycles. The normalized spacial score (nSPS) is 15.3. The highest BCUT2D eigenvalue weighted by Gasteiger charge is 2.27. The van der Waals surface area contributed by atoms with Gasteiger partial charge in [-0.25, -0.2) is 13.6 Å². The van der Waals surface area contributed by atoms with Crippen LogP contribution in [-0.4, -0.2) is 38.2 Å². The van der Waals surface area contributed by atoms with Gasteiger partial charge in [-0.3, -0.25) is 9.59 Å². The summed E-state index contributed by atoms with van der Waals surface area (Å²) >= 11 is 0. The summed E-state index contributed by atoms with van der Waals surface area (Å²) in [7, 11) is -3.87. The molecular weight excluding hydrogens is 414 g/mol. The number of nitrogens with one attached hydrogen (secondary N) is 1. The minimum absolute atomic E-state index is 0.0310. The fourth-order valence-electron chi connectivity index (χ4n) is 3.55. The van der Waals surface area contributed by atoms with E-state index >= 15 is 0 Å². The molecule has 3 N–H and O–H groups in total. The van der Waals surface area contributed by atoms with E-state index in [1.54, 1.807) is 24.0 Å². The molecule has 7 nitrogen and oxygen atoms in total. The van der Waals surface area contributed by atoms with Crippen LogP contribution in [-0.2, 0) is 19.6 Å². The van der Waals surface area contributed by atoms with Crippen molar-refractivity contribution in [2.75, 3.05) is 18.4 Å². The average Bonchev–Trinajstić information content (AvgIpc) is 2.75. The number of hydrogen-bond acceptors (Lipinski definition) is 4. The third-order valence-corrected chi connectivity index (χ3v) is 6.52. The zero-order chi connectivity index (χ0) is 22.6. The molecule has 0 spiro atoms. The van der Waals surface area contributed by atoms with Crippen molar-refractivity contribution < 1.29 is 18.0 Å². The maximum absolute atomic E-state index is 12.8. The van der Waals surface area contributed by atoms with E-state index < -0.39 is 10.0 Å².